The summed E-state index contributed by atoms with van der Waals surface area (Å²) in [6.45, 7) is 5.22. The third-order valence-electron chi connectivity index (χ3n) is 5.22. The van der Waals surface area contributed by atoms with Crippen molar-refractivity contribution in [3.05, 3.63) is 53.6 Å². The number of nitrogens with one attached hydrogen (secondary N) is 1. The third kappa shape index (κ3) is 4.57. The van der Waals surface area contributed by atoms with Crippen LogP contribution in [0.5, 0.6) is 11.5 Å². The van der Waals surface area contributed by atoms with E-state index in [2.05, 4.69) is 5.32 Å². The van der Waals surface area contributed by atoms with Crippen LogP contribution in [-0.4, -0.2) is 48.8 Å². The van der Waals surface area contributed by atoms with Gasteiger partial charge in [0.2, 0.25) is 12.7 Å². The Balaban J connectivity index is 1.39. The third-order valence-corrected chi connectivity index (χ3v) is 5.22. The monoisotopic (exact) mass is 410 g/mol. The summed E-state index contributed by atoms with van der Waals surface area (Å²) in [6.07, 6.45) is 0.840. The van der Waals surface area contributed by atoms with Crippen molar-refractivity contribution in [2.45, 2.75) is 38.9 Å². The highest BCUT2D eigenvalue weighted by atomic mass is 16.7. The van der Waals surface area contributed by atoms with Crippen LogP contribution in [0.1, 0.15) is 36.2 Å². The van der Waals surface area contributed by atoms with Gasteiger partial charge in [0.1, 0.15) is 0 Å². The Morgan fingerprint density at radius 3 is 2.57 bits per heavy atom. The molecule has 7 heteroatoms. The Kier molecular flexibility index (Phi) is 5.90. The number of hydrogen-bond donors (Lipinski definition) is 1. The van der Waals surface area contributed by atoms with Crippen LogP contribution in [0.4, 0.5) is 5.69 Å². The number of hydrogen-bond acceptors (Lipinski definition) is 5. The predicted molar refractivity (Wildman–Crippen MR) is 112 cm³/mol. The Morgan fingerprint density at radius 2 is 1.77 bits per heavy atom. The number of benzene rings is 2. The van der Waals surface area contributed by atoms with Crippen LogP contribution in [-0.2, 0) is 16.0 Å². The molecule has 2 heterocycles. The minimum absolute atomic E-state index is 0.0128. The summed E-state index contributed by atoms with van der Waals surface area (Å²) in [5.74, 6) is 1.19. The van der Waals surface area contributed by atoms with Crippen molar-refractivity contribution in [3.8, 4) is 11.5 Å². The molecule has 2 aromatic carbocycles. The number of carbonyl (C=O) groups excluding carboxylic acids is 2. The lowest BCUT2D eigenvalue weighted by Crippen LogP contribution is -2.48. The molecule has 0 aliphatic carbocycles. The van der Waals surface area contributed by atoms with E-state index >= 15 is 0 Å². The zero-order chi connectivity index (χ0) is 21.1. The van der Waals surface area contributed by atoms with Crippen LogP contribution >= 0.6 is 0 Å². The van der Waals surface area contributed by atoms with Crippen molar-refractivity contribution < 1.29 is 23.8 Å². The molecule has 4 rings (SSSR count). The molecule has 2 atom stereocenters. The van der Waals surface area contributed by atoms with E-state index in [1.165, 1.54) is 0 Å². The van der Waals surface area contributed by atoms with Gasteiger partial charge in [-0.3, -0.25) is 9.59 Å². The van der Waals surface area contributed by atoms with Gasteiger partial charge in [-0.25, -0.2) is 0 Å². The number of fused-ring (bicyclic) bond motifs is 1. The first kappa shape index (κ1) is 20.2. The SMILES string of the molecule is C[C@H]1CN(C(=O)c2ccccc2NC(=O)CCc2ccc3c(c2)OCO3)C[C@H](C)O1. The van der Waals surface area contributed by atoms with Crippen molar-refractivity contribution in [1.29, 1.82) is 0 Å². The van der Waals surface area contributed by atoms with Gasteiger partial charge in [0, 0.05) is 19.5 Å². The second-order valence-electron chi connectivity index (χ2n) is 7.75. The van der Waals surface area contributed by atoms with E-state index in [0.717, 1.165) is 11.3 Å². The Morgan fingerprint density at radius 1 is 1.03 bits per heavy atom. The number of ether oxygens (including phenoxy) is 3. The maximum Gasteiger partial charge on any atom is 0.256 e. The van der Waals surface area contributed by atoms with Gasteiger partial charge < -0.3 is 24.4 Å². The molecule has 1 N–H and O–H groups in total. The van der Waals surface area contributed by atoms with Crippen molar-refractivity contribution >= 4 is 17.5 Å². The van der Waals surface area contributed by atoms with Crippen LogP contribution in [0, 0.1) is 0 Å². The minimum Gasteiger partial charge on any atom is -0.454 e. The Hall–Kier alpha value is -3.06. The van der Waals surface area contributed by atoms with Gasteiger partial charge in [0.05, 0.1) is 23.5 Å². The maximum atomic E-state index is 13.1. The molecule has 2 aromatic rings. The highest BCUT2D eigenvalue weighted by molar-refractivity contribution is 6.03. The molecule has 0 radical (unpaired) electrons. The normalized spacial score (nSPS) is 20.1. The molecule has 0 spiro atoms. The van der Waals surface area contributed by atoms with E-state index in [-0.39, 0.29) is 30.8 Å². The smallest absolute Gasteiger partial charge is 0.256 e. The Labute approximate surface area is 175 Å². The molecule has 158 valence electrons. The predicted octanol–water partition coefficient (Wildman–Crippen LogP) is 3.24. The van der Waals surface area contributed by atoms with Gasteiger partial charge in [-0.2, -0.15) is 0 Å². The van der Waals surface area contributed by atoms with E-state index in [1.807, 2.05) is 44.2 Å². The summed E-state index contributed by atoms with van der Waals surface area (Å²) in [5, 5.41) is 2.90. The second kappa shape index (κ2) is 8.75. The number of rotatable bonds is 5. The number of morpholine rings is 1. The van der Waals surface area contributed by atoms with Gasteiger partial charge in [-0.15, -0.1) is 0 Å². The highest BCUT2D eigenvalue weighted by Gasteiger charge is 2.28. The van der Waals surface area contributed by atoms with Crippen molar-refractivity contribution in [3.63, 3.8) is 0 Å². The molecular weight excluding hydrogens is 384 g/mol. The molecule has 2 amide bonds. The number of carbonyl (C=O) groups is 2. The number of nitrogens with zero attached hydrogens (tertiary/aromatic N) is 1. The fourth-order valence-electron chi connectivity index (χ4n) is 3.86. The fraction of sp³-hybridized carbons (Fsp3) is 0.391. The van der Waals surface area contributed by atoms with Crippen LogP contribution in [0.2, 0.25) is 0 Å². The van der Waals surface area contributed by atoms with Crippen molar-refractivity contribution in [2.24, 2.45) is 0 Å². The lowest BCUT2D eigenvalue weighted by atomic mass is 10.1. The molecule has 30 heavy (non-hydrogen) atoms. The van der Waals surface area contributed by atoms with Crippen LogP contribution in [0.15, 0.2) is 42.5 Å². The largest absolute Gasteiger partial charge is 0.454 e. The summed E-state index contributed by atoms with van der Waals surface area (Å²) in [5.41, 5.74) is 2.02. The molecule has 7 nitrogen and oxygen atoms in total. The zero-order valence-corrected chi connectivity index (χ0v) is 17.2. The maximum absolute atomic E-state index is 13.1. The fourth-order valence-corrected chi connectivity index (χ4v) is 3.86. The topological polar surface area (TPSA) is 77.1 Å². The quantitative estimate of drug-likeness (QED) is 0.819. The highest BCUT2D eigenvalue weighted by Crippen LogP contribution is 2.32. The minimum atomic E-state index is -0.142. The molecule has 1 fully saturated rings. The van der Waals surface area contributed by atoms with Gasteiger partial charge >= 0.3 is 0 Å². The van der Waals surface area contributed by atoms with Crippen LogP contribution in [0.3, 0.4) is 0 Å². The molecule has 0 saturated carbocycles. The average molecular weight is 410 g/mol. The van der Waals surface area contributed by atoms with Gasteiger partial charge in [0.15, 0.2) is 11.5 Å². The molecule has 0 bridgehead atoms. The van der Waals surface area contributed by atoms with Crippen LogP contribution in [0.25, 0.3) is 0 Å². The summed E-state index contributed by atoms with van der Waals surface area (Å²) in [4.78, 5) is 27.4. The summed E-state index contributed by atoms with van der Waals surface area (Å²) >= 11 is 0. The molecule has 0 aromatic heterocycles. The van der Waals surface area contributed by atoms with Crippen LogP contribution < -0.4 is 14.8 Å². The molecule has 0 unspecified atom stereocenters. The Bertz CT molecular complexity index is 935. The number of anilines is 1. The van der Waals surface area contributed by atoms with E-state index < -0.39 is 0 Å². The summed E-state index contributed by atoms with van der Waals surface area (Å²) in [6, 6.07) is 12.8. The average Bonchev–Trinajstić information content (AvgIpc) is 3.19. The standard InChI is InChI=1S/C23H26N2O5/c1-15-12-25(13-16(2)30-15)23(27)18-5-3-4-6-19(18)24-22(26)10-8-17-7-9-20-21(11-17)29-14-28-20/h3-7,9,11,15-16H,8,10,12-14H2,1-2H3,(H,24,26)/t15-,16-/m0/s1. The zero-order valence-electron chi connectivity index (χ0n) is 17.2. The first-order chi connectivity index (χ1) is 14.5. The first-order valence-electron chi connectivity index (χ1n) is 10.2. The van der Waals surface area contributed by atoms with Crippen molar-refractivity contribution in [2.75, 3.05) is 25.2 Å². The van der Waals surface area contributed by atoms with E-state index in [4.69, 9.17) is 14.2 Å². The summed E-state index contributed by atoms with van der Waals surface area (Å²) in [7, 11) is 0. The lowest BCUT2D eigenvalue weighted by Gasteiger charge is -2.35. The molecular formula is C23H26N2O5. The molecule has 2 aliphatic heterocycles. The van der Waals surface area contributed by atoms with Gasteiger partial charge in [-0.05, 0) is 50.1 Å². The number of aryl methyl sites for hydroxylation is 1. The summed E-state index contributed by atoms with van der Waals surface area (Å²) < 4.78 is 16.4. The first-order valence-corrected chi connectivity index (χ1v) is 10.2. The van der Waals surface area contributed by atoms with E-state index in [9.17, 15) is 9.59 Å². The lowest BCUT2D eigenvalue weighted by molar-refractivity contribution is -0.116. The van der Waals surface area contributed by atoms with Crippen molar-refractivity contribution in [1.82, 2.24) is 4.90 Å². The molecule has 2 aliphatic rings. The second-order valence-corrected chi connectivity index (χ2v) is 7.75. The molecule has 1 saturated heterocycles. The van der Waals surface area contributed by atoms with E-state index in [0.29, 0.717) is 42.9 Å². The van der Waals surface area contributed by atoms with E-state index in [1.54, 1.807) is 17.0 Å². The van der Waals surface area contributed by atoms with Gasteiger partial charge in [-0.1, -0.05) is 18.2 Å². The van der Waals surface area contributed by atoms with Gasteiger partial charge in [0.25, 0.3) is 5.91 Å². The number of para-hydroxylation sites is 1. The number of amides is 2.